The van der Waals surface area contributed by atoms with Gasteiger partial charge in [-0.3, -0.25) is 0 Å². The second-order valence-corrected chi connectivity index (χ2v) is 5.01. The molecule has 0 bridgehead atoms. The van der Waals surface area contributed by atoms with E-state index in [2.05, 4.69) is 0 Å². The Kier molecular flexibility index (Phi) is 3.67. The van der Waals surface area contributed by atoms with Crippen LogP contribution in [-0.4, -0.2) is 20.6 Å². The first-order chi connectivity index (χ1) is 6.92. The fourth-order valence-corrected chi connectivity index (χ4v) is 1.97. The Hall–Kier alpha value is -0.690. The van der Waals surface area contributed by atoms with Gasteiger partial charge in [0.15, 0.2) is 0 Å². The zero-order valence-electron chi connectivity index (χ0n) is 7.79. The predicted octanol–water partition coefficient (Wildman–Crippen LogP) is 0.879. The van der Waals surface area contributed by atoms with Gasteiger partial charge in [0.05, 0.1) is 16.5 Å². The molecular weight excluding hydrogens is 245 g/mol. The Balaban J connectivity index is 3.42. The summed E-state index contributed by atoms with van der Waals surface area (Å²) in [6.07, 6.45) is 0. The van der Waals surface area contributed by atoms with Crippen molar-refractivity contribution in [3.63, 3.8) is 0 Å². The summed E-state index contributed by atoms with van der Waals surface area (Å²) in [5, 5.41) is 8.57. The smallest absolute Gasteiger partial charge is 0.240 e. The van der Waals surface area contributed by atoms with Gasteiger partial charge >= 0.3 is 0 Å². The fourth-order valence-electron chi connectivity index (χ4n) is 1.01. The molecule has 1 aromatic rings. The normalized spacial score (nSPS) is 11.7. The van der Waals surface area contributed by atoms with Gasteiger partial charge < -0.3 is 5.11 Å². The summed E-state index contributed by atoms with van der Waals surface area (Å²) >= 11 is 5.51. The zero-order chi connectivity index (χ0) is 11.6. The third-order valence-electron chi connectivity index (χ3n) is 1.83. The topological polar surface area (TPSA) is 66.4 Å². The maximum absolute atomic E-state index is 13.2. The lowest BCUT2D eigenvalue weighted by Gasteiger charge is -2.07. The van der Waals surface area contributed by atoms with Crippen LogP contribution in [0.15, 0.2) is 17.0 Å². The largest absolute Gasteiger partial charge is 0.392 e. The van der Waals surface area contributed by atoms with E-state index < -0.39 is 22.4 Å². The van der Waals surface area contributed by atoms with Crippen LogP contribution in [0.5, 0.6) is 0 Å². The maximum atomic E-state index is 13.2. The highest BCUT2D eigenvalue weighted by atomic mass is 35.5. The van der Waals surface area contributed by atoms with Gasteiger partial charge in [0.2, 0.25) is 10.0 Å². The molecule has 0 spiro atoms. The van der Waals surface area contributed by atoms with Crippen molar-refractivity contribution in [2.45, 2.75) is 11.5 Å². The summed E-state index contributed by atoms with van der Waals surface area (Å²) in [6, 6.07) is 1.92. The molecule has 0 aliphatic heterocycles. The van der Waals surface area contributed by atoms with Crippen LogP contribution in [0.2, 0.25) is 5.02 Å². The molecule has 0 saturated heterocycles. The van der Waals surface area contributed by atoms with Gasteiger partial charge in [-0.2, -0.15) is 0 Å². The standard InChI is InChI=1S/C8H9ClFNO3S/c1-11-15(13,14)6-2-5(4-12)8(9)7(10)3-6/h2-3,11-12H,4H2,1H3. The molecule has 2 N–H and O–H groups in total. The van der Waals surface area contributed by atoms with Crippen molar-refractivity contribution < 1.29 is 17.9 Å². The number of hydrogen-bond acceptors (Lipinski definition) is 3. The number of benzene rings is 1. The van der Waals surface area contributed by atoms with Crippen LogP contribution in [-0.2, 0) is 16.6 Å². The average Bonchev–Trinajstić information content (AvgIpc) is 2.21. The minimum absolute atomic E-state index is 0.0329. The van der Waals surface area contributed by atoms with E-state index in [0.717, 1.165) is 12.1 Å². The summed E-state index contributed by atoms with van der Waals surface area (Å²) in [5.41, 5.74) is 0.0329. The van der Waals surface area contributed by atoms with Crippen molar-refractivity contribution in [2.75, 3.05) is 7.05 Å². The van der Waals surface area contributed by atoms with E-state index in [4.69, 9.17) is 16.7 Å². The summed E-state index contributed by atoms with van der Waals surface area (Å²) in [4.78, 5) is -0.268. The quantitative estimate of drug-likeness (QED) is 0.840. The molecule has 0 radical (unpaired) electrons. The Morgan fingerprint density at radius 3 is 2.60 bits per heavy atom. The second-order valence-electron chi connectivity index (χ2n) is 2.74. The number of hydrogen-bond donors (Lipinski definition) is 2. The molecule has 0 saturated carbocycles. The molecule has 0 aliphatic rings. The molecule has 7 heteroatoms. The van der Waals surface area contributed by atoms with Gasteiger partial charge in [0.1, 0.15) is 5.82 Å². The van der Waals surface area contributed by atoms with Crippen molar-refractivity contribution in [3.05, 3.63) is 28.5 Å². The number of sulfonamides is 1. The van der Waals surface area contributed by atoms with E-state index in [1.54, 1.807) is 0 Å². The lowest BCUT2D eigenvalue weighted by atomic mass is 10.2. The number of aliphatic hydroxyl groups excluding tert-OH is 1. The third-order valence-corrected chi connectivity index (χ3v) is 3.64. The SMILES string of the molecule is CNS(=O)(=O)c1cc(F)c(Cl)c(CO)c1. The van der Waals surface area contributed by atoms with Gasteiger partial charge in [-0.15, -0.1) is 0 Å². The Morgan fingerprint density at radius 1 is 1.53 bits per heavy atom. The van der Waals surface area contributed by atoms with Crippen LogP contribution >= 0.6 is 11.6 Å². The first kappa shape index (κ1) is 12.4. The Bertz CT molecular complexity index is 475. The third kappa shape index (κ3) is 2.46. The van der Waals surface area contributed by atoms with E-state index in [1.165, 1.54) is 7.05 Å². The Morgan fingerprint density at radius 2 is 2.13 bits per heavy atom. The van der Waals surface area contributed by atoms with Crippen molar-refractivity contribution in [1.82, 2.24) is 4.72 Å². The zero-order valence-corrected chi connectivity index (χ0v) is 9.36. The number of aliphatic hydroxyl groups is 1. The highest BCUT2D eigenvalue weighted by Gasteiger charge is 2.16. The summed E-state index contributed by atoms with van der Waals surface area (Å²) in [6.45, 7) is -0.525. The van der Waals surface area contributed by atoms with Crippen molar-refractivity contribution >= 4 is 21.6 Å². The van der Waals surface area contributed by atoms with E-state index in [9.17, 15) is 12.8 Å². The fraction of sp³-hybridized carbons (Fsp3) is 0.250. The van der Waals surface area contributed by atoms with Gasteiger partial charge in [-0.05, 0) is 19.2 Å². The van der Waals surface area contributed by atoms with Crippen LogP contribution in [0.1, 0.15) is 5.56 Å². The van der Waals surface area contributed by atoms with Crippen LogP contribution < -0.4 is 4.72 Å². The van der Waals surface area contributed by atoms with Crippen LogP contribution in [0.25, 0.3) is 0 Å². The van der Waals surface area contributed by atoms with Crippen LogP contribution in [0.4, 0.5) is 4.39 Å². The van der Waals surface area contributed by atoms with Gasteiger partial charge in [-0.25, -0.2) is 17.5 Å². The molecule has 0 aromatic heterocycles. The number of nitrogens with one attached hydrogen (secondary N) is 1. The van der Waals surface area contributed by atoms with E-state index in [1.807, 2.05) is 4.72 Å². The van der Waals surface area contributed by atoms with Crippen molar-refractivity contribution in [1.29, 1.82) is 0 Å². The molecule has 1 rings (SSSR count). The molecule has 0 atom stereocenters. The average molecular weight is 254 g/mol. The molecule has 15 heavy (non-hydrogen) atoms. The van der Waals surface area contributed by atoms with E-state index in [0.29, 0.717) is 0 Å². The molecule has 0 aliphatic carbocycles. The van der Waals surface area contributed by atoms with Crippen LogP contribution in [0, 0.1) is 5.82 Å². The maximum Gasteiger partial charge on any atom is 0.240 e. The molecule has 0 heterocycles. The molecular formula is C8H9ClFNO3S. The molecule has 4 nitrogen and oxygen atoms in total. The molecule has 1 aromatic carbocycles. The van der Waals surface area contributed by atoms with E-state index >= 15 is 0 Å². The predicted molar refractivity (Wildman–Crippen MR) is 53.6 cm³/mol. The molecule has 0 amide bonds. The van der Waals surface area contributed by atoms with E-state index in [-0.39, 0.29) is 15.5 Å². The number of rotatable bonds is 3. The first-order valence-corrected chi connectivity index (χ1v) is 5.81. The Labute approximate surface area is 91.7 Å². The second kappa shape index (κ2) is 4.44. The van der Waals surface area contributed by atoms with Gasteiger partial charge in [-0.1, -0.05) is 11.6 Å². The lowest BCUT2D eigenvalue weighted by molar-refractivity contribution is 0.281. The summed E-state index contributed by atoms with van der Waals surface area (Å²) in [5.74, 6) is -0.878. The first-order valence-electron chi connectivity index (χ1n) is 3.94. The highest BCUT2D eigenvalue weighted by molar-refractivity contribution is 7.89. The van der Waals surface area contributed by atoms with Crippen molar-refractivity contribution in [3.8, 4) is 0 Å². The lowest BCUT2D eigenvalue weighted by Crippen LogP contribution is -2.19. The molecule has 0 unspecified atom stereocenters. The highest BCUT2D eigenvalue weighted by Crippen LogP contribution is 2.24. The minimum Gasteiger partial charge on any atom is -0.392 e. The number of halogens is 2. The van der Waals surface area contributed by atoms with Crippen molar-refractivity contribution in [2.24, 2.45) is 0 Å². The van der Waals surface area contributed by atoms with Crippen LogP contribution in [0.3, 0.4) is 0 Å². The van der Waals surface area contributed by atoms with Gasteiger partial charge in [0.25, 0.3) is 0 Å². The molecule has 84 valence electrons. The van der Waals surface area contributed by atoms with Gasteiger partial charge in [0, 0.05) is 5.56 Å². The molecule has 0 fully saturated rings. The summed E-state index contributed by atoms with van der Waals surface area (Å²) in [7, 11) is -2.52. The minimum atomic E-state index is -3.73. The monoisotopic (exact) mass is 253 g/mol. The summed E-state index contributed by atoms with van der Waals surface area (Å²) < 4.78 is 37.9.